The highest BCUT2D eigenvalue weighted by Crippen LogP contribution is 2.25. The highest BCUT2D eigenvalue weighted by Gasteiger charge is 2.26. The fraction of sp³-hybridized carbons (Fsp3) is 0.391. The molecule has 2 heterocycles. The molecule has 0 aliphatic carbocycles. The second-order valence-electron chi connectivity index (χ2n) is 8.21. The van der Waals surface area contributed by atoms with Crippen molar-refractivity contribution in [1.29, 1.82) is 0 Å². The molecule has 1 saturated heterocycles. The van der Waals surface area contributed by atoms with Crippen molar-refractivity contribution in [3.8, 4) is 0 Å². The van der Waals surface area contributed by atoms with E-state index in [9.17, 15) is 13.2 Å². The van der Waals surface area contributed by atoms with Crippen molar-refractivity contribution >= 4 is 44.3 Å². The molecule has 0 radical (unpaired) electrons. The number of hydrogen-bond acceptors (Lipinski definition) is 4. The van der Waals surface area contributed by atoms with Crippen LogP contribution >= 0.6 is 11.6 Å². The van der Waals surface area contributed by atoms with Gasteiger partial charge in [0.15, 0.2) is 0 Å². The first kappa shape index (κ1) is 22.8. The standard InChI is InChI=1S/C23H27ClN4O3S/c1-16-6-7-17(14-19(16)24)25-23(29)11-10-22-26-20-15-18(8-9-21(20)27(22)2)32(30,31)28-12-4-3-5-13-28/h6-9,14-15H,3-5,10-13H2,1-2H3,(H,25,29). The number of amides is 1. The molecule has 4 rings (SSSR count). The molecule has 0 spiro atoms. The summed E-state index contributed by atoms with van der Waals surface area (Å²) in [5.41, 5.74) is 3.06. The summed E-state index contributed by atoms with van der Waals surface area (Å²) < 4.78 is 29.4. The molecule has 0 saturated carbocycles. The predicted octanol–water partition coefficient (Wildman–Crippen LogP) is 4.28. The molecule has 0 bridgehead atoms. The van der Waals surface area contributed by atoms with Crippen LogP contribution in [0, 0.1) is 6.92 Å². The Kier molecular flexibility index (Phi) is 6.55. The van der Waals surface area contributed by atoms with Gasteiger partial charge in [-0.3, -0.25) is 4.79 Å². The Morgan fingerprint density at radius 2 is 1.88 bits per heavy atom. The topological polar surface area (TPSA) is 84.3 Å². The molecule has 1 aliphatic rings. The smallest absolute Gasteiger partial charge is 0.243 e. The lowest BCUT2D eigenvalue weighted by molar-refractivity contribution is -0.116. The van der Waals surface area contributed by atoms with E-state index in [2.05, 4.69) is 10.3 Å². The number of aryl methyl sites for hydroxylation is 3. The van der Waals surface area contributed by atoms with Crippen molar-refractivity contribution in [3.63, 3.8) is 0 Å². The minimum absolute atomic E-state index is 0.134. The summed E-state index contributed by atoms with van der Waals surface area (Å²) in [6.45, 7) is 3.03. The van der Waals surface area contributed by atoms with Crippen LogP contribution in [0.4, 0.5) is 5.69 Å². The normalized spacial score (nSPS) is 15.2. The van der Waals surface area contributed by atoms with Crippen molar-refractivity contribution in [2.24, 2.45) is 7.05 Å². The number of piperidine rings is 1. The summed E-state index contributed by atoms with van der Waals surface area (Å²) in [5.74, 6) is 0.593. The lowest BCUT2D eigenvalue weighted by Crippen LogP contribution is -2.35. The van der Waals surface area contributed by atoms with Gasteiger partial charge in [-0.05, 0) is 55.7 Å². The molecule has 1 amide bonds. The first-order valence-electron chi connectivity index (χ1n) is 10.8. The number of aromatic nitrogens is 2. The van der Waals surface area contributed by atoms with Crippen molar-refractivity contribution < 1.29 is 13.2 Å². The molecule has 1 fully saturated rings. The summed E-state index contributed by atoms with van der Waals surface area (Å²) in [5, 5.41) is 3.46. The Balaban J connectivity index is 1.48. The van der Waals surface area contributed by atoms with E-state index in [0.717, 1.165) is 36.2 Å². The highest BCUT2D eigenvalue weighted by molar-refractivity contribution is 7.89. The van der Waals surface area contributed by atoms with Gasteiger partial charge in [0.2, 0.25) is 15.9 Å². The Hall–Kier alpha value is -2.42. The number of carbonyl (C=O) groups is 1. The second-order valence-corrected chi connectivity index (χ2v) is 10.6. The maximum Gasteiger partial charge on any atom is 0.243 e. The van der Waals surface area contributed by atoms with Gasteiger partial charge >= 0.3 is 0 Å². The van der Waals surface area contributed by atoms with Gasteiger partial charge in [0.1, 0.15) is 5.82 Å². The van der Waals surface area contributed by atoms with Crippen molar-refractivity contribution in [1.82, 2.24) is 13.9 Å². The van der Waals surface area contributed by atoms with E-state index in [1.807, 2.05) is 30.7 Å². The molecule has 3 aromatic rings. The van der Waals surface area contributed by atoms with Gasteiger partial charge < -0.3 is 9.88 Å². The molecule has 1 aromatic heterocycles. The molecule has 0 atom stereocenters. The molecule has 1 N–H and O–H groups in total. The quantitative estimate of drug-likeness (QED) is 0.577. The van der Waals surface area contributed by atoms with Gasteiger partial charge in [-0.1, -0.05) is 24.1 Å². The fourth-order valence-corrected chi connectivity index (χ4v) is 5.71. The third-order valence-corrected chi connectivity index (χ3v) is 8.23. The van der Waals surface area contributed by atoms with Gasteiger partial charge in [-0.25, -0.2) is 13.4 Å². The number of benzene rings is 2. The number of imidazole rings is 1. The molecule has 2 aromatic carbocycles. The van der Waals surface area contributed by atoms with Crippen LogP contribution in [0.3, 0.4) is 0 Å². The SMILES string of the molecule is Cc1ccc(NC(=O)CCc2nc3cc(S(=O)(=O)N4CCCCC4)ccc3n2C)cc1Cl. The average Bonchev–Trinajstić information content (AvgIpc) is 3.10. The van der Waals surface area contributed by atoms with Crippen LogP contribution in [0.15, 0.2) is 41.3 Å². The molecule has 7 nitrogen and oxygen atoms in total. The molecule has 0 unspecified atom stereocenters. The largest absolute Gasteiger partial charge is 0.331 e. The summed E-state index contributed by atoms with van der Waals surface area (Å²) in [7, 11) is -1.64. The highest BCUT2D eigenvalue weighted by atomic mass is 35.5. The number of halogens is 1. The maximum absolute atomic E-state index is 13.0. The molecule has 170 valence electrons. The fourth-order valence-electron chi connectivity index (χ4n) is 3.99. The van der Waals surface area contributed by atoms with Crippen LogP contribution in [0.2, 0.25) is 5.02 Å². The lowest BCUT2D eigenvalue weighted by Gasteiger charge is -2.25. The van der Waals surface area contributed by atoms with E-state index in [1.165, 1.54) is 0 Å². The van der Waals surface area contributed by atoms with Gasteiger partial charge in [0.25, 0.3) is 0 Å². The number of fused-ring (bicyclic) bond motifs is 1. The zero-order chi connectivity index (χ0) is 22.9. The van der Waals surface area contributed by atoms with Gasteiger partial charge in [-0.15, -0.1) is 0 Å². The van der Waals surface area contributed by atoms with Gasteiger partial charge in [-0.2, -0.15) is 4.31 Å². The number of rotatable bonds is 6. The monoisotopic (exact) mass is 474 g/mol. The van der Waals surface area contributed by atoms with Crippen molar-refractivity contribution in [2.75, 3.05) is 18.4 Å². The van der Waals surface area contributed by atoms with Crippen LogP contribution in [0.1, 0.15) is 37.1 Å². The van der Waals surface area contributed by atoms with E-state index in [-0.39, 0.29) is 17.2 Å². The number of nitrogens with one attached hydrogen (secondary N) is 1. The van der Waals surface area contributed by atoms with Gasteiger partial charge in [0.05, 0.1) is 15.9 Å². The number of hydrogen-bond donors (Lipinski definition) is 1. The molecule has 32 heavy (non-hydrogen) atoms. The van der Waals surface area contributed by atoms with E-state index in [1.54, 1.807) is 28.6 Å². The molecule has 1 aliphatic heterocycles. The number of carbonyl (C=O) groups excluding carboxylic acids is 1. The lowest BCUT2D eigenvalue weighted by atomic mass is 10.2. The van der Waals surface area contributed by atoms with E-state index >= 15 is 0 Å². The van der Waals surface area contributed by atoms with Crippen molar-refractivity contribution in [2.45, 2.75) is 43.9 Å². The summed E-state index contributed by atoms with van der Waals surface area (Å²) in [6, 6.07) is 10.5. The van der Waals surface area contributed by atoms with E-state index in [0.29, 0.717) is 35.7 Å². The zero-order valence-electron chi connectivity index (χ0n) is 18.3. The summed E-state index contributed by atoms with van der Waals surface area (Å²) >= 11 is 6.12. The van der Waals surface area contributed by atoms with Crippen LogP contribution in [0.5, 0.6) is 0 Å². The average molecular weight is 475 g/mol. The molecular formula is C23H27ClN4O3S. The Labute approximate surface area is 193 Å². The maximum atomic E-state index is 13.0. The number of sulfonamides is 1. The van der Waals surface area contributed by atoms with E-state index in [4.69, 9.17) is 11.6 Å². The zero-order valence-corrected chi connectivity index (χ0v) is 19.8. The third-order valence-electron chi connectivity index (χ3n) is 5.93. The first-order valence-corrected chi connectivity index (χ1v) is 12.6. The Morgan fingerprint density at radius 1 is 1.12 bits per heavy atom. The summed E-state index contributed by atoms with van der Waals surface area (Å²) in [6.07, 6.45) is 3.55. The van der Waals surface area contributed by atoms with Crippen LogP contribution in [0.25, 0.3) is 11.0 Å². The van der Waals surface area contributed by atoms with Crippen LogP contribution in [-0.4, -0.2) is 41.3 Å². The van der Waals surface area contributed by atoms with Crippen LogP contribution in [-0.2, 0) is 28.3 Å². The van der Waals surface area contributed by atoms with E-state index < -0.39 is 10.0 Å². The number of nitrogens with zero attached hydrogens (tertiary/aromatic N) is 3. The Morgan fingerprint density at radius 3 is 2.59 bits per heavy atom. The van der Waals surface area contributed by atoms with Crippen molar-refractivity contribution in [3.05, 3.63) is 52.8 Å². The third kappa shape index (κ3) is 4.67. The van der Waals surface area contributed by atoms with Gasteiger partial charge in [0, 0.05) is 43.7 Å². The number of anilines is 1. The minimum Gasteiger partial charge on any atom is -0.331 e. The minimum atomic E-state index is -3.51. The second kappa shape index (κ2) is 9.21. The molecular weight excluding hydrogens is 448 g/mol. The summed E-state index contributed by atoms with van der Waals surface area (Å²) in [4.78, 5) is 17.3. The van der Waals surface area contributed by atoms with Crippen LogP contribution < -0.4 is 5.32 Å². The molecule has 9 heteroatoms. The predicted molar refractivity (Wildman–Crippen MR) is 126 cm³/mol. The first-order chi connectivity index (χ1) is 15.3. The Bertz CT molecular complexity index is 1260.